The van der Waals surface area contributed by atoms with Gasteiger partial charge in [0, 0.05) is 22.8 Å². The zero-order valence-corrected chi connectivity index (χ0v) is 10.6. The molecule has 1 aromatic carbocycles. The van der Waals surface area contributed by atoms with E-state index < -0.39 is 0 Å². The van der Waals surface area contributed by atoms with Crippen LogP contribution in [0, 0.1) is 6.92 Å². The summed E-state index contributed by atoms with van der Waals surface area (Å²) in [4.78, 5) is 23.6. The Kier molecular flexibility index (Phi) is 3.63. The van der Waals surface area contributed by atoms with Crippen LogP contribution in [0.3, 0.4) is 0 Å². The van der Waals surface area contributed by atoms with Crippen molar-refractivity contribution in [3.05, 3.63) is 69.1 Å². The maximum Gasteiger partial charge on any atom is 0.251 e. The smallest absolute Gasteiger partial charge is 0.251 e. The van der Waals surface area contributed by atoms with Crippen molar-refractivity contribution in [1.82, 2.24) is 4.57 Å². The SMILES string of the molecule is Cc1ccn(CC(=O)c2cccc(Cl)c2)c(=O)c1. The van der Waals surface area contributed by atoms with Gasteiger partial charge in [0.15, 0.2) is 5.78 Å². The number of nitrogens with zero attached hydrogens (tertiary/aromatic N) is 1. The number of benzene rings is 1. The molecule has 0 spiro atoms. The first-order valence-electron chi connectivity index (χ1n) is 5.52. The van der Waals surface area contributed by atoms with Crippen LogP contribution >= 0.6 is 11.6 Å². The third-order valence-corrected chi connectivity index (χ3v) is 2.85. The van der Waals surface area contributed by atoms with Crippen molar-refractivity contribution < 1.29 is 4.79 Å². The molecule has 4 heteroatoms. The molecule has 0 aliphatic carbocycles. The molecule has 0 amide bonds. The van der Waals surface area contributed by atoms with Crippen molar-refractivity contribution in [3.63, 3.8) is 0 Å². The Morgan fingerprint density at radius 2 is 2.06 bits per heavy atom. The fraction of sp³-hybridized carbons (Fsp3) is 0.143. The van der Waals surface area contributed by atoms with Gasteiger partial charge in [-0.1, -0.05) is 23.7 Å². The highest BCUT2D eigenvalue weighted by atomic mass is 35.5. The summed E-state index contributed by atoms with van der Waals surface area (Å²) >= 11 is 5.82. The van der Waals surface area contributed by atoms with Crippen molar-refractivity contribution in [2.45, 2.75) is 13.5 Å². The summed E-state index contributed by atoms with van der Waals surface area (Å²) in [6.07, 6.45) is 1.63. The second kappa shape index (κ2) is 5.19. The third kappa shape index (κ3) is 2.87. The van der Waals surface area contributed by atoms with Crippen LogP contribution in [0.15, 0.2) is 47.4 Å². The number of Topliss-reactive ketones (excluding diaryl/α,β-unsaturated/α-hetero) is 1. The minimum atomic E-state index is -0.176. The first-order valence-corrected chi connectivity index (χ1v) is 5.90. The maximum atomic E-state index is 12.0. The second-order valence-corrected chi connectivity index (χ2v) is 4.54. The normalized spacial score (nSPS) is 10.3. The molecule has 0 N–H and O–H groups in total. The van der Waals surface area contributed by atoms with Gasteiger partial charge in [-0.15, -0.1) is 0 Å². The monoisotopic (exact) mass is 261 g/mol. The lowest BCUT2D eigenvalue weighted by molar-refractivity contribution is 0.0971. The average Bonchev–Trinajstić information content (AvgIpc) is 2.32. The molecule has 3 nitrogen and oxygen atoms in total. The number of aryl methyl sites for hydroxylation is 1. The Hall–Kier alpha value is -1.87. The van der Waals surface area contributed by atoms with Crippen molar-refractivity contribution in [2.75, 3.05) is 0 Å². The summed E-state index contributed by atoms with van der Waals surface area (Å²) in [7, 11) is 0. The summed E-state index contributed by atoms with van der Waals surface area (Å²) in [5, 5.41) is 0.511. The molecule has 0 atom stereocenters. The van der Waals surface area contributed by atoms with E-state index in [2.05, 4.69) is 0 Å². The predicted molar refractivity (Wildman–Crippen MR) is 71.2 cm³/mol. The van der Waals surface area contributed by atoms with Crippen LogP contribution in [0.4, 0.5) is 0 Å². The Morgan fingerprint density at radius 1 is 1.28 bits per heavy atom. The Morgan fingerprint density at radius 3 is 2.72 bits per heavy atom. The quantitative estimate of drug-likeness (QED) is 0.797. The number of carbonyl (C=O) groups excluding carboxylic acids is 1. The van der Waals surface area contributed by atoms with Gasteiger partial charge in [0.25, 0.3) is 5.56 Å². The Labute approximate surface area is 110 Å². The number of aromatic nitrogens is 1. The molecule has 1 aromatic heterocycles. The predicted octanol–water partition coefficient (Wildman–Crippen LogP) is 2.69. The lowest BCUT2D eigenvalue weighted by Gasteiger charge is -2.05. The number of halogens is 1. The van der Waals surface area contributed by atoms with Crippen LogP contribution in [-0.2, 0) is 6.54 Å². The van der Waals surface area contributed by atoms with Crippen LogP contribution in [0.2, 0.25) is 5.02 Å². The lowest BCUT2D eigenvalue weighted by Crippen LogP contribution is -2.23. The van der Waals surface area contributed by atoms with Gasteiger partial charge in [0.05, 0.1) is 6.54 Å². The van der Waals surface area contributed by atoms with Crippen LogP contribution in [0.25, 0.3) is 0 Å². The summed E-state index contributed by atoms with van der Waals surface area (Å²) in [6.45, 7) is 1.87. The van der Waals surface area contributed by atoms with Crippen LogP contribution in [-0.4, -0.2) is 10.4 Å². The Balaban J connectivity index is 2.24. The lowest BCUT2D eigenvalue weighted by atomic mass is 10.1. The highest BCUT2D eigenvalue weighted by Gasteiger charge is 2.08. The number of hydrogen-bond donors (Lipinski definition) is 0. The van der Waals surface area contributed by atoms with E-state index >= 15 is 0 Å². The van der Waals surface area contributed by atoms with Crippen molar-refractivity contribution in [2.24, 2.45) is 0 Å². The molecule has 0 saturated heterocycles. The largest absolute Gasteiger partial charge is 0.308 e. The number of ketones is 1. The van der Waals surface area contributed by atoms with Gasteiger partial charge in [0.2, 0.25) is 0 Å². The molecule has 0 fully saturated rings. The highest BCUT2D eigenvalue weighted by Crippen LogP contribution is 2.11. The molecule has 0 radical (unpaired) electrons. The molecular weight excluding hydrogens is 250 g/mol. The third-order valence-electron chi connectivity index (χ3n) is 2.61. The fourth-order valence-electron chi connectivity index (χ4n) is 1.65. The van der Waals surface area contributed by atoms with E-state index in [0.29, 0.717) is 10.6 Å². The summed E-state index contributed by atoms with van der Waals surface area (Å²) in [6, 6.07) is 10.0. The average molecular weight is 262 g/mol. The van der Waals surface area contributed by atoms with E-state index in [9.17, 15) is 9.59 Å². The molecule has 0 aliphatic heterocycles. The van der Waals surface area contributed by atoms with Gasteiger partial charge in [-0.25, -0.2) is 0 Å². The summed E-state index contributed by atoms with van der Waals surface area (Å²) in [5.41, 5.74) is 1.21. The molecule has 0 saturated carbocycles. The number of carbonyl (C=O) groups is 1. The standard InChI is InChI=1S/C14H12ClNO2/c1-10-5-6-16(14(18)7-10)9-13(17)11-3-2-4-12(15)8-11/h2-8H,9H2,1H3. The van der Waals surface area contributed by atoms with E-state index in [1.807, 2.05) is 6.92 Å². The van der Waals surface area contributed by atoms with E-state index in [1.165, 1.54) is 10.6 Å². The minimum Gasteiger partial charge on any atom is -0.308 e. The van der Waals surface area contributed by atoms with Gasteiger partial charge >= 0.3 is 0 Å². The fourth-order valence-corrected chi connectivity index (χ4v) is 1.84. The molecule has 0 bridgehead atoms. The van der Waals surface area contributed by atoms with Crippen molar-refractivity contribution in [1.29, 1.82) is 0 Å². The number of rotatable bonds is 3. The Bertz CT molecular complexity index is 646. The molecule has 0 unspecified atom stereocenters. The van der Waals surface area contributed by atoms with Gasteiger partial charge in [0.1, 0.15) is 0 Å². The van der Waals surface area contributed by atoms with E-state index in [-0.39, 0.29) is 17.9 Å². The van der Waals surface area contributed by atoms with E-state index in [0.717, 1.165) is 5.56 Å². The maximum absolute atomic E-state index is 12.0. The van der Waals surface area contributed by atoms with Crippen LogP contribution in [0.1, 0.15) is 15.9 Å². The molecule has 1 heterocycles. The van der Waals surface area contributed by atoms with Gasteiger partial charge in [-0.05, 0) is 30.7 Å². The van der Waals surface area contributed by atoms with Crippen molar-refractivity contribution >= 4 is 17.4 Å². The summed E-state index contributed by atoms with van der Waals surface area (Å²) in [5.74, 6) is -0.136. The molecular formula is C14H12ClNO2. The van der Waals surface area contributed by atoms with Crippen LogP contribution < -0.4 is 5.56 Å². The van der Waals surface area contributed by atoms with E-state index in [4.69, 9.17) is 11.6 Å². The molecule has 18 heavy (non-hydrogen) atoms. The molecule has 0 aliphatic rings. The zero-order valence-electron chi connectivity index (χ0n) is 9.89. The van der Waals surface area contributed by atoms with Crippen LogP contribution in [0.5, 0.6) is 0 Å². The number of hydrogen-bond acceptors (Lipinski definition) is 2. The van der Waals surface area contributed by atoms with Crippen molar-refractivity contribution in [3.8, 4) is 0 Å². The first-order chi connectivity index (χ1) is 8.56. The van der Waals surface area contributed by atoms with Gasteiger partial charge in [-0.2, -0.15) is 0 Å². The number of pyridine rings is 1. The van der Waals surface area contributed by atoms with E-state index in [1.54, 1.807) is 36.5 Å². The summed E-state index contributed by atoms with van der Waals surface area (Å²) < 4.78 is 1.39. The molecule has 92 valence electrons. The topological polar surface area (TPSA) is 39.1 Å². The van der Waals surface area contributed by atoms with Gasteiger partial charge < -0.3 is 4.57 Å². The highest BCUT2D eigenvalue weighted by molar-refractivity contribution is 6.31. The molecule has 2 aromatic rings. The minimum absolute atomic E-state index is 0.0272. The molecule has 2 rings (SSSR count). The second-order valence-electron chi connectivity index (χ2n) is 4.10. The first kappa shape index (κ1) is 12.6. The zero-order chi connectivity index (χ0) is 13.1. The van der Waals surface area contributed by atoms with Gasteiger partial charge in [-0.3, -0.25) is 9.59 Å².